The van der Waals surface area contributed by atoms with Gasteiger partial charge in [0.05, 0.1) is 25.3 Å². The zero-order valence-corrected chi connectivity index (χ0v) is 20.8. The Bertz CT molecular complexity index is 802. The van der Waals surface area contributed by atoms with Crippen molar-refractivity contribution in [2.75, 3.05) is 24.9 Å². The summed E-state index contributed by atoms with van der Waals surface area (Å²) >= 11 is 0. The maximum absolute atomic E-state index is 10.6. The SMILES string of the molecule is CCCC[B-](c1ccccc1)(c1ccccc1)c1ccccc1.CCOC(=O)C[S+](C)C. The Hall–Kier alpha value is -2.46. The standard InChI is InChI=1S/C22H24B.C6H13O2S/c1-2-3-19-23(20-13-7-4-8-14-20,21-15-9-5-10-16-21)22-17-11-6-12-18-22;1-4-8-6(7)5-9(2)3/h4-18H,2-3,19H2,1H3;4-5H2,1-3H3/q-1;+1. The number of ether oxygens (including phenoxy) is 1. The van der Waals surface area contributed by atoms with Gasteiger partial charge in [0.25, 0.3) is 0 Å². The third kappa shape index (κ3) is 7.31. The Labute approximate surface area is 197 Å². The van der Waals surface area contributed by atoms with Gasteiger partial charge in [-0.3, -0.25) is 0 Å². The van der Waals surface area contributed by atoms with Crippen LogP contribution in [0.15, 0.2) is 91.0 Å². The number of esters is 1. The fourth-order valence-corrected chi connectivity index (χ4v) is 4.93. The highest BCUT2D eigenvalue weighted by atomic mass is 32.2. The third-order valence-electron chi connectivity index (χ3n) is 5.81. The molecule has 0 aliphatic heterocycles. The van der Waals surface area contributed by atoms with Crippen LogP contribution in [0.25, 0.3) is 0 Å². The van der Waals surface area contributed by atoms with Crippen molar-refractivity contribution in [3.05, 3.63) is 91.0 Å². The van der Waals surface area contributed by atoms with Crippen LogP contribution in [0.5, 0.6) is 0 Å². The molecule has 0 amide bonds. The van der Waals surface area contributed by atoms with Crippen molar-refractivity contribution in [2.45, 2.75) is 33.0 Å². The molecule has 0 fully saturated rings. The molecule has 3 aromatic rings. The van der Waals surface area contributed by atoms with Gasteiger partial charge in [-0.1, -0.05) is 111 Å². The lowest BCUT2D eigenvalue weighted by Gasteiger charge is -2.43. The normalized spacial score (nSPS) is 10.9. The average molecular weight is 448 g/mol. The van der Waals surface area contributed by atoms with Gasteiger partial charge in [0.1, 0.15) is 0 Å². The fourth-order valence-electron chi connectivity index (χ4n) is 4.37. The predicted molar refractivity (Wildman–Crippen MR) is 144 cm³/mol. The molecule has 0 radical (unpaired) electrons. The van der Waals surface area contributed by atoms with Crippen LogP contribution in [0, 0.1) is 0 Å². The van der Waals surface area contributed by atoms with Crippen molar-refractivity contribution in [2.24, 2.45) is 0 Å². The van der Waals surface area contributed by atoms with E-state index >= 15 is 0 Å². The Morgan fingerprint density at radius 3 is 1.47 bits per heavy atom. The van der Waals surface area contributed by atoms with E-state index in [1.165, 1.54) is 35.6 Å². The van der Waals surface area contributed by atoms with E-state index in [4.69, 9.17) is 4.74 Å². The van der Waals surface area contributed by atoms with E-state index in [2.05, 4.69) is 97.9 Å². The second-order valence-electron chi connectivity index (χ2n) is 8.35. The summed E-state index contributed by atoms with van der Waals surface area (Å²) in [4.78, 5) is 10.6. The molecular weight excluding hydrogens is 411 g/mol. The van der Waals surface area contributed by atoms with Crippen LogP contribution >= 0.6 is 0 Å². The van der Waals surface area contributed by atoms with Gasteiger partial charge in [0, 0.05) is 0 Å². The number of hydrogen-bond acceptors (Lipinski definition) is 2. The van der Waals surface area contributed by atoms with Crippen LogP contribution in [0.1, 0.15) is 26.7 Å². The Kier molecular flexibility index (Phi) is 11.2. The van der Waals surface area contributed by atoms with Gasteiger partial charge in [-0.15, -0.1) is 0 Å². The van der Waals surface area contributed by atoms with Gasteiger partial charge in [0.15, 0.2) is 0 Å². The first-order chi connectivity index (χ1) is 15.5. The summed E-state index contributed by atoms with van der Waals surface area (Å²) in [5, 5.41) is 0. The first-order valence-corrected chi connectivity index (χ1v) is 13.8. The van der Waals surface area contributed by atoms with E-state index in [9.17, 15) is 4.79 Å². The summed E-state index contributed by atoms with van der Waals surface area (Å²) in [7, 11) is 0.178. The maximum Gasteiger partial charge on any atom is 0.356 e. The number of rotatable bonds is 9. The van der Waals surface area contributed by atoms with Gasteiger partial charge >= 0.3 is 5.97 Å². The summed E-state index contributed by atoms with van der Waals surface area (Å²) in [6, 6.07) is 33.2. The van der Waals surface area contributed by atoms with Crippen molar-refractivity contribution in [3.63, 3.8) is 0 Å². The molecule has 0 unspecified atom stereocenters. The minimum atomic E-state index is -0.913. The largest absolute Gasteiger partial charge is 0.463 e. The highest BCUT2D eigenvalue weighted by Crippen LogP contribution is 2.16. The highest BCUT2D eigenvalue weighted by molar-refractivity contribution is 7.96. The van der Waals surface area contributed by atoms with Gasteiger partial charge in [0.2, 0.25) is 5.75 Å². The molecule has 0 aliphatic carbocycles. The van der Waals surface area contributed by atoms with Gasteiger partial charge in [-0.2, -0.15) is 22.7 Å². The molecule has 2 nitrogen and oxygen atoms in total. The molecule has 0 atom stereocenters. The monoisotopic (exact) mass is 448 g/mol. The molecule has 3 aromatic carbocycles. The van der Waals surface area contributed by atoms with Gasteiger partial charge in [-0.05, 0) is 17.8 Å². The molecule has 0 saturated heterocycles. The average Bonchev–Trinajstić information content (AvgIpc) is 2.82. The lowest BCUT2D eigenvalue weighted by Crippen LogP contribution is -2.66. The minimum Gasteiger partial charge on any atom is -0.463 e. The number of carbonyl (C=O) groups is 1. The zero-order valence-electron chi connectivity index (χ0n) is 20.0. The summed E-state index contributed by atoms with van der Waals surface area (Å²) in [5.41, 5.74) is 4.33. The number of unbranched alkanes of at least 4 members (excludes halogenated alkanes) is 1. The van der Waals surface area contributed by atoms with E-state index < -0.39 is 6.15 Å². The van der Waals surface area contributed by atoms with Crippen molar-refractivity contribution in [1.29, 1.82) is 0 Å². The number of benzene rings is 3. The van der Waals surface area contributed by atoms with Crippen molar-refractivity contribution in [3.8, 4) is 0 Å². The quantitative estimate of drug-likeness (QED) is 0.276. The molecule has 0 aliphatic rings. The molecule has 0 spiro atoms. The number of carbonyl (C=O) groups excluding carboxylic acids is 1. The van der Waals surface area contributed by atoms with Gasteiger partial charge < -0.3 is 4.74 Å². The van der Waals surface area contributed by atoms with Crippen LogP contribution in [-0.4, -0.2) is 37.0 Å². The molecule has 0 saturated carbocycles. The van der Waals surface area contributed by atoms with Crippen LogP contribution in [0.4, 0.5) is 0 Å². The first kappa shape index (κ1) is 25.8. The molecule has 0 aromatic heterocycles. The molecule has 0 bridgehead atoms. The lowest BCUT2D eigenvalue weighted by atomic mass is 9.14. The van der Waals surface area contributed by atoms with Crippen LogP contribution in [0.3, 0.4) is 0 Å². The Balaban J connectivity index is 0.000000344. The van der Waals surface area contributed by atoms with E-state index in [0.717, 1.165) is 0 Å². The molecule has 4 heteroatoms. The zero-order chi connectivity index (χ0) is 23.2. The smallest absolute Gasteiger partial charge is 0.356 e. The fraction of sp³-hybridized carbons (Fsp3) is 0.321. The van der Waals surface area contributed by atoms with Crippen molar-refractivity contribution < 1.29 is 9.53 Å². The van der Waals surface area contributed by atoms with Crippen LogP contribution in [-0.2, 0) is 20.4 Å². The summed E-state index contributed by atoms with van der Waals surface area (Å²) in [5.74, 6) is 0.485. The summed E-state index contributed by atoms with van der Waals surface area (Å²) < 4.78 is 4.72. The second-order valence-corrected chi connectivity index (χ2v) is 10.6. The van der Waals surface area contributed by atoms with E-state index in [1.54, 1.807) is 0 Å². The third-order valence-corrected chi connectivity index (χ3v) is 6.62. The first-order valence-electron chi connectivity index (χ1n) is 11.6. The Morgan fingerprint density at radius 1 is 0.750 bits per heavy atom. The van der Waals surface area contributed by atoms with E-state index in [1.807, 2.05) is 19.4 Å². The van der Waals surface area contributed by atoms with Crippen molar-refractivity contribution in [1.82, 2.24) is 0 Å². The number of hydrogen-bond donors (Lipinski definition) is 0. The summed E-state index contributed by atoms with van der Waals surface area (Å²) in [6.45, 7) is 4.60. The van der Waals surface area contributed by atoms with Crippen LogP contribution < -0.4 is 16.4 Å². The van der Waals surface area contributed by atoms with E-state index in [-0.39, 0.29) is 16.9 Å². The minimum absolute atomic E-state index is 0.0779. The van der Waals surface area contributed by atoms with Crippen molar-refractivity contribution >= 4 is 39.4 Å². The topological polar surface area (TPSA) is 26.3 Å². The summed E-state index contributed by atoms with van der Waals surface area (Å²) in [6.07, 6.45) is 6.78. The Morgan fingerprint density at radius 2 is 1.16 bits per heavy atom. The molecule has 170 valence electrons. The van der Waals surface area contributed by atoms with E-state index in [0.29, 0.717) is 12.4 Å². The molecule has 0 heterocycles. The highest BCUT2D eigenvalue weighted by Gasteiger charge is 2.28. The maximum atomic E-state index is 10.6. The second kappa shape index (κ2) is 13.8. The lowest BCUT2D eigenvalue weighted by molar-refractivity contribution is -0.139. The van der Waals surface area contributed by atoms with Crippen LogP contribution in [0.2, 0.25) is 6.32 Å². The molecular formula is C28H37BO2S. The van der Waals surface area contributed by atoms with Gasteiger partial charge in [-0.25, -0.2) is 4.79 Å². The molecule has 0 N–H and O–H groups in total. The predicted octanol–water partition coefficient (Wildman–Crippen LogP) is 4.38. The molecule has 32 heavy (non-hydrogen) atoms. The molecule has 3 rings (SSSR count).